The second-order valence-corrected chi connectivity index (χ2v) is 10.4. The van der Waals surface area contributed by atoms with Crippen LogP contribution in [-0.4, -0.2) is 74.0 Å². The summed E-state index contributed by atoms with van der Waals surface area (Å²) in [4.78, 5) is 52.4. The van der Waals surface area contributed by atoms with Gasteiger partial charge in [-0.3, -0.25) is 29.7 Å². The van der Waals surface area contributed by atoms with Gasteiger partial charge in [-0.2, -0.15) is 5.10 Å². The van der Waals surface area contributed by atoms with Crippen molar-refractivity contribution in [3.05, 3.63) is 58.8 Å². The summed E-state index contributed by atoms with van der Waals surface area (Å²) in [7, 11) is 0. The fraction of sp³-hybridized carbons (Fsp3) is 0.393. The number of nitrogens with zero attached hydrogens (tertiary/aromatic N) is 3. The molecule has 2 fully saturated rings. The summed E-state index contributed by atoms with van der Waals surface area (Å²) in [5.41, 5.74) is 2.99. The molecule has 11 heteroatoms. The lowest BCUT2D eigenvalue weighted by Gasteiger charge is -2.35. The highest BCUT2D eigenvalue weighted by molar-refractivity contribution is 6.05. The zero-order chi connectivity index (χ0) is 27.1. The molecule has 3 aromatic rings. The molecule has 0 saturated carbocycles. The number of aromatic amines is 1. The van der Waals surface area contributed by atoms with Gasteiger partial charge in [-0.1, -0.05) is 12.5 Å². The number of carboxylic acids is 1. The van der Waals surface area contributed by atoms with E-state index < -0.39 is 17.9 Å². The number of likely N-dealkylation sites (tertiary alicyclic amines) is 1. The fourth-order valence-electron chi connectivity index (χ4n) is 5.91. The largest absolute Gasteiger partial charge is 0.492 e. The maximum Gasteiger partial charge on any atom is 0.336 e. The van der Waals surface area contributed by atoms with E-state index in [1.165, 1.54) is 4.90 Å². The van der Waals surface area contributed by atoms with E-state index in [1.807, 2.05) is 12.1 Å². The van der Waals surface area contributed by atoms with Gasteiger partial charge in [0.25, 0.3) is 5.91 Å². The lowest BCUT2D eigenvalue weighted by molar-refractivity contribution is -0.136. The standard InChI is InChI=1S/C28H29N5O6/c34-24-10-9-23(26(35)29-24)33-13-16-12-18(7-8-19(16)27(33)36)39-15-17-4-1-2-11-32(17)14-22-25-20(28(37)38)5-3-6-21(25)30-31-22/h3,5-8,12,17,23H,1-2,4,9-11,13-15H2,(H,30,31)(H,37,38)(H,29,34,35)/t17-,23?/m1/s1. The van der Waals surface area contributed by atoms with Crippen LogP contribution in [0.2, 0.25) is 0 Å². The summed E-state index contributed by atoms with van der Waals surface area (Å²) < 4.78 is 6.20. The third-order valence-electron chi connectivity index (χ3n) is 7.93. The lowest BCUT2D eigenvalue weighted by atomic mass is 10.0. The Morgan fingerprint density at radius 3 is 2.82 bits per heavy atom. The van der Waals surface area contributed by atoms with Crippen LogP contribution in [0.1, 0.15) is 64.1 Å². The van der Waals surface area contributed by atoms with Crippen molar-refractivity contribution >= 4 is 34.6 Å². The number of piperidine rings is 2. The van der Waals surface area contributed by atoms with E-state index in [-0.39, 0.29) is 29.8 Å². The Balaban J connectivity index is 1.14. The van der Waals surface area contributed by atoms with Gasteiger partial charge in [0.2, 0.25) is 11.8 Å². The number of carbonyl (C=O) groups excluding carboxylic acids is 3. The number of H-pyrrole nitrogens is 1. The van der Waals surface area contributed by atoms with E-state index in [0.29, 0.717) is 54.0 Å². The normalized spacial score (nSPS) is 21.7. The molecule has 3 N–H and O–H groups in total. The number of benzene rings is 2. The number of aromatic nitrogens is 2. The first-order valence-corrected chi connectivity index (χ1v) is 13.2. The van der Waals surface area contributed by atoms with Crippen molar-refractivity contribution in [3.8, 4) is 5.75 Å². The summed E-state index contributed by atoms with van der Waals surface area (Å²) >= 11 is 0. The number of aromatic carboxylic acids is 1. The minimum atomic E-state index is -0.979. The van der Waals surface area contributed by atoms with Gasteiger partial charge in [-0.05, 0) is 61.7 Å². The van der Waals surface area contributed by atoms with Gasteiger partial charge in [0.1, 0.15) is 18.4 Å². The SMILES string of the molecule is O=C1CCC(N2Cc3cc(OC[C@H]4CCCCN4Cc4n[nH]c5cccc(C(=O)O)c45)ccc3C2=O)C(=O)N1. The minimum Gasteiger partial charge on any atom is -0.492 e. The second-order valence-electron chi connectivity index (χ2n) is 10.4. The number of imide groups is 1. The van der Waals surface area contributed by atoms with Crippen molar-refractivity contribution in [1.29, 1.82) is 0 Å². The average molecular weight is 532 g/mol. The van der Waals surface area contributed by atoms with Gasteiger partial charge in [-0.15, -0.1) is 0 Å². The molecule has 3 aliphatic rings. The van der Waals surface area contributed by atoms with Crippen LogP contribution in [0.25, 0.3) is 10.9 Å². The Morgan fingerprint density at radius 2 is 2.00 bits per heavy atom. The van der Waals surface area contributed by atoms with Gasteiger partial charge in [0, 0.05) is 36.5 Å². The maximum atomic E-state index is 13.0. The summed E-state index contributed by atoms with van der Waals surface area (Å²) in [5, 5.41) is 20.0. The van der Waals surface area contributed by atoms with Crippen molar-refractivity contribution in [2.24, 2.45) is 0 Å². The number of hydrogen-bond acceptors (Lipinski definition) is 7. The zero-order valence-corrected chi connectivity index (χ0v) is 21.3. The van der Waals surface area contributed by atoms with Crippen molar-refractivity contribution in [1.82, 2.24) is 25.3 Å². The van der Waals surface area contributed by atoms with E-state index in [9.17, 15) is 24.3 Å². The highest BCUT2D eigenvalue weighted by Crippen LogP contribution is 2.31. The third kappa shape index (κ3) is 4.74. The molecule has 3 amide bonds. The highest BCUT2D eigenvalue weighted by atomic mass is 16.5. The van der Waals surface area contributed by atoms with E-state index in [1.54, 1.807) is 24.3 Å². The topological polar surface area (TPSA) is 145 Å². The smallest absolute Gasteiger partial charge is 0.336 e. The number of fused-ring (bicyclic) bond motifs is 2. The molecule has 1 aromatic heterocycles. The Hall–Kier alpha value is -4.25. The molecule has 2 saturated heterocycles. The van der Waals surface area contributed by atoms with Crippen LogP contribution < -0.4 is 10.1 Å². The number of hydrogen-bond donors (Lipinski definition) is 3. The van der Waals surface area contributed by atoms with Gasteiger partial charge >= 0.3 is 5.97 Å². The van der Waals surface area contributed by atoms with E-state index in [4.69, 9.17) is 4.74 Å². The second kappa shape index (κ2) is 10.1. The molecule has 0 bridgehead atoms. The fourth-order valence-corrected chi connectivity index (χ4v) is 5.91. The molecule has 0 aliphatic carbocycles. The van der Waals surface area contributed by atoms with Crippen LogP contribution in [-0.2, 0) is 22.7 Å². The van der Waals surface area contributed by atoms with Crippen LogP contribution in [0.5, 0.6) is 5.75 Å². The van der Waals surface area contributed by atoms with E-state index in [2.05, 4.69) is 20.4 Å². The summed E-state index contributed by atoms with van der Waals surface area (Å²) in [6.45, 7) is 2.11. The van der Waals surface area contributed by atoms with E-state index in [0.717, 1.165) is 31.4 Å². The molecule has 2 aromatic carbocycles. The summed E-state index contributed by atoms with van der Waals surface area (Å²) in [5.74, 6) is -1.28. The molecule has 0 radical (unpaired) electrons. The van der Waals surface area contributed by atoms with Crippen molar-refractivity contribution in [3.63, 3.8) is 0 Å². The molecule has 202 valence electrons. The van der Waals surface area contributed by atoms with Crippen LogP contribution >= 0.6 is 0 Å². The number of amides is 3. The predicted molar refractivity (Wildman–Crippen MR) is 139 cm³/mol. The monoisotopic (exact) mass is 531 g/mol. The molecular weight excluding hydrogens is 502 g/mol. The van der Waals surface area contributed by atoms with Crippen LogP contribution in [0.4, 0.5) is 0 Å². The van der Waals surface area contributed by atoms with Crippen molar-refractivity contribution in [2.75, 3.05) is 13.2 Å². The lowest BCUT2D eigenvalue weighted by Crippen LogP contribution is -2.52. The first-order chi connectivity index (χ1) is 18.9. The number of carbonyl (C=O) groups is 4. The first kappa shape index (κ1) is 25.1. The van der Waals surface area contributed by atoms with Crippen LogP contribution in [0, 0.1) is 0 Å². The quantitative estimate of drug-likeness (QED) is 0.394. The molecule has 39 heavy (non-hydrogen) atoms. The molecule has 11 nitrogen and oxygen atoms in total. The Morgan fingerprint density at radius 1 is 1.13 bits per heavy atom. The van der Waals surface area contributed by atoms with Gasteiger partial charge in [0.15, 0.2) is 0 Å². The molecular formula is C28H29N5O6. The zero-order valence-electron chi connectivity index (χ0n) is 21.3. The van der Waals surface area contributed by atoms with Crippen molar-refractivity contribution in [2.45, 2.75) is 57.3 Å². The maximum absolute atomic E-state index is 13.0. The number of ether oxygens (including phenoxy) is 1. The average Bonchev–Trinajstić information content (AvgIpc) is 3.48. The molecule has 3 aliphatic heterocycles. The Bertz CT molecular complexity index is 1480. The van der Waals surface area contributed by atoms with Gasteiger partial charge in [0.05, 0.1) is 16.8 Å². The van der Waals surface area contributed by atoms with Gasteiger partial charge < -0.3 is 14.7 Å². The Labute approximate surface area is 224 Å². The summed E-state index contributed by atoms with van der Waals surface area (Å²) in [6.07, 6.45) is 3.60. The number of nitrogens with one attached hydrogen (secondary N) is 2. The molecule has 2 atom stereocenters. The number of rotatable bonds is 7. The Kier molecular flexibility index (Phi) is 6.51. The third-order valence-corrected chi connectivity index (χ3v) is 7.93. The summed E-state index contributed by atoms with van der Waals surface area (Å²) in [6, 6.07) is 9.97. The predicted octanol–water partition coefficient (Wildman–Crippen LogP) is 2.46. The molecule has 1 unspecified atom stereocenters. The highest BCUT2D eigenvalue weighted by Gasteiger charge is 2.39. The van der Waals surface area contributed by atoms with Gasteiger partial charge in [-0.25, -0.2) is 4.79 Å². The first-order valence-electron chi connectivity index (χ1n) is 13.2. The molecule has 4 heterocycles. The van der Waals surface area contributed by atoms with Crippen LogP contribution in [0.3, 0.4) is 0 Å². The van der Waals surface area contributed by atoms with Crippen molar-refractivity contribution < 1.29 is 29.0 Å². The minimum absolute atomic E-state index is 0.123. The number of carboxylic acid groups (broad SMARTS) is 1. The van der Waals surface area contributed by atoms with E-state index >= 15 is 0 Å². The van der Waals surface area contributed by atoms with Crippen LogP contribution in [0.15, 0.2) is 36.4 Å². The molecule has 6 rings (SSSR count). The molecule has 0 spiro atoms.